The fourth-order valence-corrected chi connectivity index (χ4v) is 5.22. The first-order chi connectivity index (χ1) is 17.1. The third kappa shape index (κ3) is 3.71. The van der Waals surface area contributed by atoms with Crippen LogP contribution in [0, 0.1) is 11.8 Å². The molecule has 0 bridgehead atoms. The highest BCUT2D eigenvalue weighted by Crippen LogP contribution is 2.55. The van der Waals surface area contributed by atoms with Gasteiger partial charge in [-0.25, -0.2) is 4.98 Å². The monoisotopic (exact) mass is 466 g/mol. The Kier molecular flexibility index (Phi) is 5.95. The number of carbonyl (C=O) groups excluding carboxylic acids is 2. The number of methoxy groups -OCH3 is 2. The van der Waals surface area contributed by atoms with Crippen LogP contribution in [0.5, 0.6) is 0 Å². The zero-order valence-electron chi connectivity index (χ0n) is 19.6. The summed E-state index contributed by atoms with van der Waals surface area (Å²) >= 11 is 0. The Balaban J connectivity index is 1.70. The summed E-state index contributed by atoms with van der Waals surface area (Å²) in [6, 6.07) is 30.7. The average molecular weight is 467 g/mol. The molecule has 3 aromatic carbocycles. The quantitative estimate of drug-likeness (QED) is 0.298. The van der Waals surface area contributed by atoms with Gasteiger partial charge in [-0.2, -0.15) is 0 Å². The minimum Gasteiger partial charge on any atom is -0.469 e. The van der Waals surface area contributed by atoms with Gasteiger partial charge in [-0.05, 0) is 16.7 Å². The molecule has 6 nitrogen and oxygen atoms in total. The number of hydrogen-bond donors (Lipinski definition) is 0. The van der Waals surface area contributed by atoms with E-state index in [0.717, 1.165) is 16.7 Å². The molecule has 2 atom stereocenters. The summed E-state index contributed by atoms with van der Waals surface area (Å²) in [7, 11) is 2.66. The molecule has 0 aliphatic heterocycles. The molecule has 4 aromatic rings. The summed E-state index contributed by atoms with van der Waals surface area (Å²) in [5.41, 5.74) is 3.12. The van der Waals surface area contributed by atoms with Crippen LogP contribution >= 0.6 is 0 Å². The number of nitrogens with zero attached hydrogens (tertiary/aromatic N) is 2. The maximum atomic E-state index is 12.4. The molecular formula is C29H26N2O4. The fourth-order valence-electron chi connectivity index (χ4n) is 5.22. The Bertz CT molecular complexity index is 1200. The Labute approximate surface area is 204 Å². The second-order valence-electron chi connectivity index (χ2n) is 8.64. The van der Waals surface area contributed by atoms with Crippen LogP contribution < -0.4 is 0 Å². The Morgan fingerprint density at radius 2 is 1.11 bits per heavy atom. The lowest BCUT2D eigenvalue weighted by molar-refractivity contribution is -0.148. The second-order valence-corrected chi connectivity index (χ2v) is 8.64. The van der Waals surface area contributed by atoms with Crippen LogP contribution in [0.25, 0.3) is 0 Å². The lowest BCUT2D eigenvalue weighted by Crippen LogP contribution is -2.36. The molecule has 5 rings (SSSR count). The number of carbonyl (C=O) groups is 2. The zero-order valence-corrected chi connectivity index (χ0v) is 19.6. The van der Waals surface area contributed by atoms with Gasteiger partial charge in [-0.3, -0.25) is 9.59 Å². The summed E-state index contributed by atoms with van der Waals surface area (Å²) in [5.74, 6) is -2.46. The number of aromatic nitrogens is 2. The molecule has 0 amide bonds. The molecule has 1 aromatic heterocycles. The smallest absolute Gasteiger partial charge is 0.310 e. The largest absolute Gasteiger partial charge is 0.469 e. The molecule has 0 spiro atoms. The predicted molar refractivity (Wildman–Crippen MR) is 131 cm³/mol. The fraction of sp³-hybridized carbons (Fsp3) is 0.207. The van der Waals surface area contributed by atoms with E-state index in [9.17, 15) is 9.59 Å². The van der Waals surface area contributed by atoms with Crippen LogP contribution in [0.2, 0.25) is 0 Å². The van der Waals surface area contributed by atoms with Gasteiger partial charge in [0.1, 0.15) is 5.54 Å². The van der Waals surface area contributed by atoms with Crippen molar-refractivity contribution in [2.45, 2.75) is 11.5 Å². The summed E-state index contributed by atoms with van der Waals surface area (Å²) in [4.78, 5) is 29.5. The average Bonchev–Trinajstić information content (AvgIpc) is 3.49. The molecule has 2 unspecified atom stereocenters. The summed E-state index contributed by atoms with van der Waals surface area (Å²) < 4.78 is 12.0. The number of rotatable bonds is 7. The van der Waals surface area contributed by atoms with Crippen molar-refractivity contribution in [1.82, 2.24) is 9.55 Å². The highest BCUT2D eigenvalue weighted by molar-refractivity contribution is 5.90. The number of esters is 2. The van der Waals surface area contributed by atoms with E-state index in [0.29, 0.717) is 5.69 Å². The van der Waals surface area contributed by atoms with Gasteiger partial charge in [0.2, 0.25) is 0 Å². The first kappa shape index (κ1) is 22.6. The summed E-state index contributed by atoms with van der Waals surface area (Å²) in [6.07, 6.45) is 3.72. The first-order valence-corrected chi connectivity index (χ1v) is 11.5. The van der Waals surface area contributed by atoms with Gasteiger partial charge < -0.3 is 14.0 Å². The molecule has 0 saturated heterocycles. The molecule has 1 aliphatic rings. The third-order valence-corrected chi connectivity index (χ3v) is 6.87. The van der Waals surface area contributed by atoms with Gasteiger partial charge in [0.15, 0.2) is 0 Å². The first-order valence-electron chi connectivity index (χ1n) is 11.5. The van der Waals surface area contributed by atoms with Crippen LogP contribution in [-0.2, 0) is 24.6 Å². The maximum absolute atomic E-state index is 12.4. The standard InChI is InChI=1S/C29H26N2O4/c1-34-27(32)25-24(26(25)28(33)35-2)23-18-31(19-30-23)29(20-12-6-3-7-13-20,21-14-8-4-9-15-21)22-16-10-5-11-17-22/h3-19,24-26H,1-2H3. The zero-order chi connectivity index (χ0) is 24.4. The van der Waals surface area contributed by atoms with E-state index >= 15 is 0 Å². The molecule has 176 valence electrons. The number of ether oxygens (including phenoxy) is 2. The van der Waals surface area contributed by atoms with Gasteiger partial charge in [-0.1, -0.05) is 91.0 Å². The van der Waals surface area contributed by atoms with E-state index < -0.39 is 35.2 Å². The van der Waals surface area contributed by atoms with Crippen LogP contribution in [-0.4, -0.2) is 35.7 Å². The van der Waals surface area contributed by atoms with Crippen molar-refractivity contribution in [1.29, 1.82) is 0 Å². The molecular weight excluding hydrogens is 440 g/mol. The highest BCUT2D eigenvalue weighted by atomic mass is 16.5. The van der Waals surface area contributed by atoms with Crippen molar-refractivity contribution in [2.75, 3.05) is 14.2 Å². The lowest BCUT2D eigenvalue weighted by Gasteiger charge is -2.37. The number of benzene rings is 3. The Hall–Kier alpha value is -4.19. The van der Waals surface area contributed by atoms with Gasteiger partial charge >= 0.3 is 11.9 Å². The SMILES string of the molecule is COC(=O)C1C(C(=O)OC)C1c1cn(C(c2ccccc2)(c2ccccc2)c2ccccc2)cn1. The van der Waals surface area contributed by atoms with Gasteiger partial charge in [-0.15, -0.1) is 0 Å². The molecule has 1 aliphatic carbocycles. The third-order valence-electron chi connectivity index (χ3n) is 6.87. The maximum Gasteiger partial charge on any atom is 0.310 e. The minimum atomic E-state index is -0.717. The van der Waals surface area contributed by atoms with Crippen LogP contribution in [0.1, 0.15) is 28.3 Å². The molecule has 1 saturated carbocycles. The summed E-state index contributed by atoms with van der Waals surface area (Å²) in [6.45, 7) is 0. The van der Waals surface area contributed by atoms with E-state index in [1.165, 1.54) is 14.2 Å². The predicted octanol–water partition coefficient (Wildman–Crippen LogP) is 4.40. The van der Waals surface area contributed by atoms with Gasteiger partial charge in [0, 0.05) is 12.1 Å². The normalized spacial score (nSPS) is 19.1. The van der Waals surface area contributed by atoms with E-state index in [2.05, 4.69) is 41.0 Å². The van der Waals surface area contributed by atoms with Crippen molar-refractivity contribution in [3.63, 3.8) is 0 Å². The van der Waals surface area contributed by atoms with Crippen LogP contribution in [0.15, 0.2) is 104 Å². The van der Waals surface area contributed by atoms with Gasteiger partial charge in [0.25, 0.3) is 0 Å². The Morgan fingerprint density at radius 1 is 0.714 bits per heavy atom. The molecule has 1 heterocycles. The Morgan fingerprint density at radius 3 is 1.49 bits per heavy atom. The lowest BCUT2D eigenvalue weighted by atomic mass is 9.77. The molecule has 0 radical (unpaired) electrons. The highest BCUT2D eigenvalue weighted by Gasteiger charge is 2.62. The van der Waals surface area contributed by atoms with Gasteiger partial charge in [0.05, 0.1) is 38.1 Å². The number of imidazole rings is 1. The second kappa shape index (κ2) is 9.22. The summed E-state index contributed by atoms with van der Waals surface area (Å²) in [5, 5.41) is 0. The van der Waals surface area contributed by atoms with Crippen molar-refractivity contribution in [3.05, 3.63) is 126 Å². The van der Waals surface area contributed by atoms with E-state index in [1.54, 1.807) is 6.33 Å². The van der Waals surface area contributed by atoms with E-state index in [1.807, 2.05) is 60.8 Å². The topological polar surface area (TPSA) is 70.4 Å². The number of hydrogen-bond acceptors (Lipinski definition) is 5. The van der Waals surface area contributed by atoms with Crippen molar-refractivity contribution >= 4 is 11.9 Å². The van der Waals surface area contributed by atoms with Crippen LogP contribution in [0.3, 0.4) is 0 Å². The molecule has 1 fully saturated rings. The minimum absolute atomic E-state index is 0.392. The molecule has 0 N–H and O–H groups in total. The van der Waals surface area contributed by atoms with Crippen molar-refractivity contribution in [3.8, 4) is 0 Å². The van der Waals surface area contributed by atoms with Crippen molar-refractivity contribution in [2.24, 2.45) is 11.8 Å². The molecule has 6 heteroatoms. The van der Waals surface area contributed by atoms with Crippen LogP contribution in [0.4, 0.5) is 0 Å². The van der Waals surface area contributed by atoms with Crippen molar-refractivity contribution < 1.29 is 19.1 Å². The molecule has 35 heavy (non-hydrogen) atoms. The van der Waals surface area contributed by atoms with E-state index in [-0.39, 0.29) is 0 Å². The van der Waals surface area contributed by atoms with E-state index in [4.69, 9.17) is 14.5 Å².